The molecule has 0 spiro atoms. The first kappa shape index (κ1) is 23.1. The van der Waals surface area contributed by atoms with E-state index in [9.17, 15) is 0 Å². The fourth-order valence-corrected chi connectivity index (χ4v) is 3.71. The van der Waals surface area contributed by atoms with Crippen molar-refractivity contribution in [2.24, 2.45) is 0 Å². The molecule has 0 aromatic heterocycles. The maximum Gasteiger partial charge on any atom is 0.0206 e. The van der Waals surface area contributed by atoms with Crippen LogP contribution in [0, 0.1) is 0 Å². The van der Waals surface area contributed by atoms with Gasteiger partial charge in [-0.05, 0) is 24.0 Å². The lowest BCUT2D eigenvalue weighted by Gasteiger charge is -2.16. The van der Waals surface area contributed by atoms with Crippen molar-refractivity contribution in [3.63, 3.8) is 0 Å². The van der Waals surface area contributed by atoms with E-state index in [-0.39, 0.29) is 0 Å². The highest BCUT2D eigenvalue weighted by Crippen LogP contribution is 2.17. The third-order valence-corrected chi connectivity index (χ3v) is 5.62. The molecular formula is C24H40N6. The van der Waals surface area contributed by atoms with Gasteiger partial charge in [-0.3, -0.25) is 0 Å². The molecule has 0 saturated carbocycles. The number of hydrogen-bond donors (Lipinski definition) is 6. The zero-order chi connectivity index (χ0) is 20.7. The van der Waals surface area contributed by atoms with Gasteiger partial charge in [0.15, 0.2) is 0 Å². The molecule has 6 nitrogen and oxygen atoms in total. The molecule has 6 N–H and O–H groups in total. The molecule has 5 aliphatic rings. The largest absolute Gasteiger partial charge is 0.314 e. The van der Waals surface area contributed by atoms with E-state index < -0.39 is 0 Å². The van der Waals surface area contributed by atoms with Crippen LogP contribution in [0.2, 0.25) is 0 Å². The van der Waals surface area contributed by atoms with Crippen LogP contribution in [0.1, 0.15) is 24.0 Å². The molecule has 0 atom stereocenters. The molecule has 4 heterocycles. The van der Waals surface area contributed by atoms with Gasteiger partial charge in [-0.2, -0.15) is 0 Å². The molecule has 6 heteroatoms. The Morgan fingerprint density at radius 1 is 0.400 bits per heavy atom. The number of rotatable bonds is 0. The molecule has 6 rings (SSSR count). The number of hydrogen-bond acceptors (Lipinski definition) is 6. The smallest absolute Gasteiger partial charge is 0.0206 e. The van der Waals surface area contributed by atoms with Gasteiger partial charge in [0.25, 0.3) is 0 Å². The molecule has 1 aliphatic carbocycles. The van der Waals surface area contributed by atoms with Gasteiger partial charge < -0.3 is 31.9 Å². The summed E-state index contributed by atoms with van der Waals surface area (Å²) < 4.78 is 0. The van der Waals surface area contributed by atoms with Gasteiger partial charge in [-0.1, -0.05) is 47.6 Å². The zero-order valence-electron chi connectivity index (χ0n) is 18.4. The average Bonchev–Trinajstić information content (AvgIpc) is 2.78. The van der Waals surface area contributed by atoms with Crippen LogP contribution in [0.25, 0.3) is 0 Å². The Hall–Kier alpha value is -1.54. The first-order valence-corrected chi connectivity index (χ1v) is 11.6. The first-order valence-electron chi connectivity index (χ1n) is 11.6. The van der Waals surface area contributed by atoms with Gasteiger partial charge in [-0.25, -0.2) is 0 Å². The summed E-state index contributed by atoms with van der Waals surface area (Å²) in [5.41, 5.74) is 5.71. The SMILES string of the molecule is C1=C2CCC(=C1)CNCCNCCNCc1ccc(cc1)CNCCNCCNC2. The van der Waals surface area contributed by atoms with Crippen molar-refractivity contribution in [1.82, 2.24) is 31.9 Å². The van der Waals surface area contributed by atoms with Gasteiger partial charge >= 0.3 is 0 Å². The Kier molecular flexibility index (Phi) is 11.2. The number of allylic oxidation sites excluding steroid dienone is 2. The van der Waals surface area contributed by atoms with Crippen molar-refractivity contribution in [2.75, 3.05) is 65.4 Å². The van der Waals surface area contributed by atoms with E-state index in [0.717, 1.165) is 78.5 Å². The van der Waals surface area contributed by atoms with Crippen molar-refractivity contribution in [2.45, 2.75) is 25.9 Å². The van der Waals surface area contributed by atoms with Crippen molar-refractivity contribution < 1.29 is 0 Å². The summed E-state index contributed by atoms with van der Waals surface area (Å²) >= 11 is 0. The summed E-state index contributed by atoms with van der Waals surface area (Å²) in [5.74, 6) is 0. The molecule has 0 amide bonds. The quantitative estimate of drug-likeness (QED) is 0.380. The van der Waals surface area contributed by atoms with Crippen molar-refractivity contribution in [3.8, 4) is 0 Å². The molecule has 1 aromatic carbocycles. The monoisotopic (exact) mass is 412 g/mol. The summed E-state index contributed by atoms with van der Waals surface area (Å²) in [6.07, 6.45) is 6.99. The maximum absolute atomic E-state index is 3.56. The van der Waals surface area contributed by atoms with Crippen LogP contribution in [0.3, 0.4) is 0 Å². The minimum atomic E-state index is 0.926. The van der Waals surface area contributed by atoms with E-state index in [2.05, 4.69) is 68.3 Å². The molecule has 1 aromatic rings. The molecule has 30 heavy (non-hydrogen) atoms. The van der Waals surface area contributed by atoms with Crippen LogP contribution in [-0.4, -0.2) is 65.4 Å². The Labute approximate surface area is 182 Å². The predicted octanol–water partition coefficient (Wildman–Crippen LogP) is 0.884. The Morgan fingerprint density at radius 2 is 0.733 bits per heavy atom. The number of nitrogens with one attached hydrogen (secondary N) is 6. The van der Waals surface area contributed by atoms with E-state index in [4.69, 9.17) is 0 Å². The zero-order valence-corrected chi connectivity index (χ0v) is 18.4. The van der Waals surface area contributed by atoms with Crippen LogP contribution in [0.4, 0.5) is 0 Å². The third kappa shape index (κ3) is 9.51. The van der Waals surface area contributed by atoms with Gasteiger partial charge in [0.05, 0.1) is 0 Å². The second-order valence-corrected chi connectivity index (χ2v) is 8.17. The third-order valence-electron chi connectivity index (χ3n) is 5.62. The maximum atomic E-state index is 3.56. The van der Waals surface area contributed by atoms with Crippen LogP contribution < -0.4 is 31.9 Å². The summed E-state index contributed by atoms with van der Waals surface area (Å²) in [6.45, 7) is 11.9. The molecule has 0 saturated heterocycles. The lowest BCUT2D eigenvalue weighted by Crippen LogP contribution is -2.33. The topological polar surface area (TPSA) is 72.2 Å². The lowest BCUT2D eigenvalue weighted by molar-refractivity contribution is 0.582. The summed E-state index contributed by atoms with van der Waals surface area (Å²) in [7, 11) is 0. The predicted molar refractivity (Wildman–Crippen MR) is 127 cm³/mol. The normalized spacial score (nSPS) is 21.7. The summed E-state index contributed by atoms with van der Waals surface area (Å²) in [6, 6.07) is 8.92. The highest BCUT2D eigenvalue weighted by molar-refractivity contribution is 5.25. The fraction of sp³-hybridized carbons (Fsp3) is 0.583. The minimum absolute atomic E-state index is 0.926. The Morgan fingerprint density at radius 3 is 1.10 bits per heavy atom. The Balaban J connectivity index is 1.40. The second-order valence-electron chi connectivity index (χ2n) is 8.17. The van der Waals surface area contributed by atoms with Gasteiger partial charge in [0.2, 0.25) is 0 Å². The van der Waals surface area contributed by atoms with Gasteiger partial charge in [0.1, 0.15) is 0 Å². The highest BCUT2D eigenvalue weighted by Gasteiger charge is 2.06. The van der Waals surface area contributed by atoms with E-state index in [1.807, 2.05) is 0 Å². The molecule has 0 fully saturated rings. The first-order chi connectivity index (χ1) is 14.9. The van der Waals surface area contributed by atoms with Crippen LogP contribution in [0.5, 0.6) is 0 Å². The van der Waals surface area contributed by atoms with E-state index in [0.29, 0.717) is 0 Å². The van der Waals surface area contributed by atoms with Crippen LogP contribution in [0.15, 0.2) is 47.6 Å². The van der Waals surface area contributed by atoms with Crippen molar-refractivity contribution in [1.29, 1.82) is 0 Å². The van der Waals surface area contributed by atoms with E-state index in [1.54, 1.807) is 0 Å². The van der Waals surface area contributed by atoms with Gasteiger partial charge in [-0.15, -0.1) is 0 Å². The lowest BCUT2D eigenvalue weighted by atomic mass is 9.98. The summed E-state index contributed by atoms with van der Waals surface area (Å²) in [4.78, 5) is 0. The number of benzene rings is 1. The van der Waals surface area contributed by atoms with E-state index in [1.165, 1.54) is 35.1 Å². The molecule has 4 bridgehead atoms. The standard InChI is InChI=1S/C24H40N6/c1-2-22-4-3-21(1)17-27-13-9-25-11-15-29-19-23-5-7-24(8-6-23)20-30-16-12-26-10-14-28-18-22/h1-5,7,25-30H,6,8-20H2. The molecular weight excluding hydrogens is 372 g/mol. The minimum Gasteiger partial charge on any atom is -0.314 e. The Bertz CT molecular complexity index is 595. The van der Waals surface area contributed by atoms with Gasteiger partial charge in [0, 0.05) is 78.5 Å². The second kappa shape index (κ2) is 14.5. The molecule has 4 aliphatic heterocycles. The van der Waals surface area contributed by atoms with Crippen molar-refractivity contribution in [3.05, 3.63) is 58.7 Å². The molecule has 166 valence electrons. The molecule has 0 unspecified atom stereocenters. The highest BCUT2D eigenvalue weighted by atomic mass is 15.0. The van der Waals surface area contributed by atoms with Crippen LogP contribution >= 0.6 is 0 Å². The average molecular weight is 413 g/mol. The van der Waals surface area contributed by atoms with E-state index >= 15 is 0 Å². The fourth-order valence-electron chi connectivity index (χ4n) is 3.71. The van der Waals surface area contributed by atoms with Crippen molar-refractivity contribution >= 4 is 0 Å². The van der Waals surface area contributed by atoms with Crippen LogP contribution in [-0.2, 0) is 13.1 Å². The molecule has 0 radical (unpaired) electrons. The summed E-state index contributed by atoms with van der Waals surface area (Å²) in [5, 5.41) is 21.2.